The molecule has 2 rings (SSSR count). The molecule has 124 valence electrons. The molecule has 0 radical (unpaired) electrons. The fourth-order valence-electron chi connectivity index (χ4n) is 2.20. The van der Waals surface area contributed by atoms with E-state index < -0.39 is 0 Å². The minimum absolute atomic E-state index is 0.142. The van der Waals surface area contributed by atoms with Crippen molar-refractivity contribution in [3.8, 4) is 0 Å². The highest BCUT2D eigenvalue weighted by Gasteiger charge is 2.14. The monoisotopic (exact) mass is 317 g/mol. The van der Waals surface area contributed by atoms with E-state index in [1.165, 1.54) is 0 Å². The number of amides is 2. The first-order chi connectivity index (χ1) is 11.2. The van der Waals surface area contributed by atoms with Gasteiger partial charge in [-0.25, -0.2) is 9.78 Å². The van der Waals surface area contributed by atoms with E-state index in [0.717, 1.165) is 17.9 Å². The van der Waals surface area contributed by atoms with Crippen LogP contribution in [-0.2, 0) is 24.4 Å². The summed E-state index contributed by atoms with van der Waals surface area (Å²) >= 11 is 0. The van der Waals surface area contributed by atoms with Crippen LogP contribution in [0.4, 0.5) is 4.79 Å². The SMILES string of the molecule is CCn1cncc1CNC(=O)N(CCOC)Cc1ccccn1. The molecule has 2 heterocycles. The predicted octanol–water partition coefficient (Wildman–Crippen LogP) is 1.66. The summed E-state index contributed by atoms with van der Waals surface area (Å²) in [6.07, 6.45) is 5.25. The number of carbonyl (C=O) groups is 1. The van der Waals surface area contributed by atoms with Gasteiger partial charge in [-0.15, -0.1) is 0 Å². The second kappa shape index (κ2) is 8.89. The van der Waals surface area contributed by atoms with Crippen LogP contribution in [0.3, 0.4) is 0 Å². The number of aromatic nitrogens is 3. The number of nitrogens with one attached hydrogen (secondary N) is 1. The Balaban J connectivity index is 1.95. The number of imidazole rings is 1. The Labute approximate surface area is 136 Å². The van der Waals surface area contributed by atoms with E-state index in [2.05, 4.69) is 15.3 Å². The first-order valence-corrected chi connectivity index (χ1v) is 7.65. The van der Waals surface area contributed by atoms with Crippen LogP contribution in [0.5, 0.6) is 0 Å². The minimum Gasteiger partial charge on any atom is -0.383 e. The summed E-state index contributed by atoms with van der Waals surface area (Å²) in [5.74, 6) is 0. The molecule has 0 aliphatic heterocycles. The quantitative estimate of drug-likeness (QED) is 0.803. The van der Waals surface area contributed by atoms with Crippen molar-refractivity contribution >= 4 is 6.03 Å². The molecule has 0 saturated carbocycles. The summed E-state index contributed by atoms with van der Waals surface area (Å²) in [4.78, 5) is 22.5. The molecule has 7 nitrogen and oxygen atoms in total. The van der Waals surface area contributed by atoms with Gasteiger partial charge in [0, 0.05) is 32.6 Å². The van der Waals surface area contributed by atoms with Gasteiger partial charge in [0.25, 0.3) is 0 Å². The van der Waals surface area contributed by atoms with Crippen molar-refractivity contribution in [3.63, 3.8) is 0 Å². The van der Waals surface area contributed by atoms with Crippen molar-refractivity contribution in [2.45, 2.75) is 26.6 Å². The number of urea groups is 1. The number of hydrogen-bond acceptors (Lipinski definition) is 4. The minimum atomic E-state index is -0.142. The lowest BCUT2D eigenvalue weighted by Gasteiger charge is -2.22. The third-order valence-electron chi connectivity index (χ3n) is 3.49. The number of rotatable bonds is 8. The van der Waals surface area contributed by atoms with Gasteiger partial charge in [0.15, 0.2) is 0 Å². The molecule has 0 aromatic carbocycles. The van der Waals surface area contributed by atoms with Crippen LogP contribution < -0.4 is 5.32 Å². The first-order valence-electron chi connectivity index (χ1n) is 7.65. The van der Waals surface area contributed by atoms with Gasteiger partial charge < -0.3 is 19.5 Å². The normalized spacial score (nSPS) is 10.5. The fraction of sp³-hybridized carbons (Fsp3) is 0.438. The van der Waals surface area contributed by atoms with Gasteiger partial charge in [-0.05, 0) is 19.1 Å². The molecule has 23 heavy (non-hydrogen) atoms. The van der Waals surface area contributed by atoms with Crippen LogP contribution in [-0.4, -0.2) is 45.7 Å². The topological polar surface area (TPSA) is 72.3 Å². The van der Waals surface area contributed by atoms with Gasteiger partial charge in [-0.1, -0.05) is 6.07 Å². The fourth-order valence-corrected chi connectivity index (χ4v) is 2.20. The Bertz CT molecular complexity index is 600. The maximum absolute atomic E-state index is 12.5. The zero-order chi connectivity index (χ0) is 16.5. The first kappa shape index (κ1) is 17.0. The lowest BCUT2D eigenvalue weighted by molar-refractivity contribution is 0.145. The molecule has 0 aliphatic carbocycles. The highest BCUT2D eigenvalue weighted by atomic mass is 16.5. The molecule has 1 N–H and O–H groups in total. The molecule has 2 amide bonds. The van der Waals surface area contributed by atoms with Crippen LogP contribution in [0.25, 0.3) is 0 Å². The van der Waals surface area contributed by atoms with Crippen molar-refractivity contribution in [1.82, 2.24) is 24.8 Å². The molecule has 0 saturated heterocycles. The third kappa shape index (κ3) is 5.07. The highest BCUT2D eigenvalue weighted by Crippen LogP contribution is 2.03. The zero-order valence-electron chi connectivity index (χ0n) is 13.6. The maximum Gasteiger partial charge on any atom is 0.318 e. The van der Waals surface area contributed by atoms with Crippen molar-refractivity contribution in [3.05, 3.63) is 48.3 Å². The van der Waals surface area contributed by atoms with E-state index in [9.17, 15) is 4.79 Å². The average Bonchev–Trinajstić information content (AvgIpc) is 3.05. The summed E-state index contributed by atoms with van der Waals surface area (Å²) in [6.45, 7) is 4.74. The van der Waals surface area contributed by atoms with Crippen molar-refractivity contribution in [2.75, 3.05) is 20.3 Å². The molecule has 0 bridgehead atoms. The van der Waals surface area contributed by atoms with Gasteiger partial charge in [0.05, 0.1) is 37.4 Å². The lowest BCUT2D eigenvalue weighted by atomic mass is 10.3. The molecule has 2 aromatic rings. The van der Waals surface area contributed by atoms with E-state index >= 15 is 0 Å². The molecule has 0 unspecified atom stereocenters. The molecule has 7 heteroatoms. The van der Waals surface area contributed by atoms with E-state index in [4.69, 9.17) is 4.74 Å². The number of methoxy groups -OCH3 is 1. The van der Waals surface area contributed by atoms with Gasteiger partial charge in [-0.2, -0.15) is 0 Å². The van der Waals surface area contributed by atoms with E-state index in [0.29, 0.717) is 26.2 Å². The van der Waals surface area contributed by atoms with Gasteiger partial charge in [-0.3, -0.25) is 4.98 Å². The average molecular weight is 317 g/mol. The Morgan fingerprint density at radius 2 is 2.30 bits per heavy atom. The number of hydrogen-bond donors (Lipinski definition) is 1. The van der Waals surface area contributed by atoms with Crippen LogP contribution in [0, 0.1) is 0 Å². The number of aryl methyl sites for hydroxylation is 1. The number of pyridine rings is 1. The summed E-state index contributed by atoms with van der Waals surface area (Å²) in [6, 6.07) is 5.53. The third-order valence-corrected chi connectivity index (χ3v) is 3.49. The van der Waals surface area contributed by atoms with Crippen molar-refractivity contribution in [1.29, 1.82) is 0 Å². The molecule has 0 spiro atoms. The zero-order valence-corrected chi connectivity index (χ0v) is 13.6. The summed E-state index contributed by atoms with van der Waals surface area (Å²) in [5.41, 5.74) is 1.82. The summed E-state index contributed by atoms with van der Waals surface area (Å²) < 4.78 is 7.09. The van der Waals surface area contributed by atoms with Crippen LogP contribution >= 0.6 is 0 Å². The van der Waals surface area contributed by atoms with Gasteiger partial charge in [0.2, 0.25) is 0 Å². The number of carbonyl (C=O) groups excluding carboxylic acids is 1. The molecule has 0 fully saturated rings. The maximum atomic E-state index is 12.5. The highest BCUT2D eigenvalue weighted by molar-refractivity contribution is 5.74. The molecule has 2 aromatic heterocycles. The van der Waals surface area contributed by atoms with E-state index in [-0.39, 0.29) is 6.03 Å². The summed E-state index contributed by atoms with van der Waals surface area (Å²) in [7, 11) is 1.62. The number of ether oxygens (including phenoxy) is 1. The van der Waals surface area contributed by atoms with Crippen molar-refractivity contribution < 1.29 is 9.53 Å². The Morgan fingerprint density at radius 3 is 3.00 bits per heavy atom. The molecular weight excluding hydrogens is 294 g/mol. The molecular formula is C16H23N5O2. The predicted molar refractivity (Wildman–Crippen MR) is 86.7 cm³/mol. The lowest BCUT2D eigenvalue weighted by Crippen LogP contribution is -2.41. The Hall–Kier alpha value is -2.41. The largest absolute Gasteiger partial charge is 0.383 e. The molecule has 0 aliphatic rings. The Kier molecular flexibility index (Phi) is 6.56. The van der Waals surface area contributed by atoms with Gasteiger partial charge in [0.1, 0.15) is 0 Å². The number of nitrogens with zero attached hydrogens (tertiary/aromatic N) is 4. The standard InChI is InChI=1S/C16H23N5O2/c1-3-20-13-17-10-15(20)11-19-16(22)21(8-9-23-2)12-14-6-4-5-7-18-14/h4-7,10,13H,3,8-9,11-12H2,1-2H3,(H,19,22). The smallest absolute Gasteiger partial charge is 0.318 e. The van der Waals surface area contributed by atoms with Crippen LogP contribution in [0.1, 0.15) is 18.3 Å². The van der Waals surface area contributed by atoms with E-state index in [1.54, 1.807) is 30.7 Å². The van der Waals surface area contributed by atoms with Crippen LogP contribution in [0.15, 0.2) is 36.9 Å². The Morgan fingerprint density at radius 1 is 1.43 bits per heavy atom. The van der Waals surface area contributed by atoms with E-state index in [1.807, 2.05) is 29.7 Å². The second-order valence-corrected chi connectivity index (χ2v) is 5.07. The van der Waals surface area contributed by atoms with Gasteiger partial charge >= 0.3 is 6.03 Å². The van der Waals surface area contributed by atoms with Crippen LogP contribution in [0.2, 0.25) is 0 Å². The second-order valence-electron chi connectivity index (χ2n) is 5.07. The summed E-state index contributed by atoms with van der Waals surface area (Å²) in [5, 5.41) is 2.93. The molecule has 0 atom stereocenters. The van der Waals surface area contributed by atoms with Crippen molar-refractivity contribution in [2.24, 2.45) is 0 Å².